The summed E-state index contributed by atoms with van der Waals surface area (Å²) >= 11 is 0. The van der Waals surface area contributed by atoms with Gasteiger partial charge in [0.1, 0.15) is 24.2 Å². The Morgan fingerprint density at radius 3 is 2.91 bits per heavy atom. The van der Waals surface area contributed by atoms with Gasteiger partial charge in [-0.3, -0.25) is 0 Å². The molecule has 0 saturated heterocycles. The number of carbonyl (C=O) groups is 1. The van der Waals surface area contributed by atoms with Crippen molar-refractivity contribution < 1.29 is 19.0 Å². The SMILES string of the molecule is N#Cc1c(COC(=O)c2ccc(O)cc2F)cn2ccccc12. The van der Waals surface area contributed by atoms with Crippen molar-refractivity contribution in [2.75, 3.05) is 0 Å². The lowest BCUT2D eigenvalue weighted by Crippen LogP contribution is -2.07. The van der Waals surface area contributed by atoms with Gasteiger partial charge in [0.2, 0.25) is 0 Å². The number of carbonyl (C=O) groups excluding carboxylic acids is 1. The number of phenols is 1. The molecule has 114 valence electrons. The molecule has 0 aliphatic carbocycles. The minimum atomic E-state index is -0.863. The summed E-state index contributed by atoms with van der Waals surface area (Å²) in [7, 11) is 0. The highest BCUT2D eigenvalue weighted by Crippen LogP contribution is 2.20. The summed E-state index contributed by atoms with van der Waals surface area (Å²) < 4.78 is 20.5. The van der Waals surface area contributed by atoms with Gasteiger partial charge in [-0.15, -0.1) is 0 Å². The van der Waals surface area contributed by atoms with E-state index in [1.165, 1.54) is 6.07 Å². The predicted molar refractivity (Wildman–Crippen MR) is 79.3 cm³/mol. The molecule has 3 rings (SSSR count). The van der Waals surface area contributed by atoms with Crippen LogP contribution in [0.4, 0.5) is 4.39 Å². The third-order valence-electron chi connectivity index (χ3n) is 3.41. The van der Waals surface area contributed by atoms with Gasteiger partial charge in [-0.25, -0.2) is 9.18 Å². The molecule has 23 heavy (non-hydrogen) atoms. The fourth-order valence-electron chi connectivity index (χ4n) is 2.31. The maximum atomic E-state index is 13.6. The number of phenolic OH excluding ortho intramolecular Hbond substituents is 1. The Morgan fingerprint density at radius 2 is 2.17 bits per heavy atom. The minimum absolute atomic E-state index is 0.149. The van der Waals surface area contributed by atoms with Gasteiger partial charge in [-0.1, -0.05) is 6.07 Å². The summed E-state index contributed by atoms with van der Waals surface area (Å²) in [4.78, 5) is 11.9. The molecule has 5 nitrogen and oxygen atoms in total. The number of pyridine rings is 1. The summed E-state index contributed by atoms with van der Waals surface area (Å²) in [5.41, 5.74) is 1.37. The van der Waals surface area contributed by atoms with E-state index in [2.05, 4.69) is 6.07 Å². The van der Waals surface area contributed by atoms with Gasteiger partial charge >= 0.3 is 5.97 Å². The summed E-state index contributed by atoms with van der Waals surface area (Å²) in [6, 6.07) is 10.7. The lowest BCUT2D eigenvalue weighted by Gasteiger charge is -2.05. The standard InChI is InChI=1S/C17H11FN2O3/c18-15-7-12(21)4-5-13(15)17(22)23-10-11-9-20-6-2-1-3-16(20)14(11)8-19/h1-7,9,21H,10H2. The highest BCUT2D eigenvalue weighted by atomic mass is 19.1. The van der Waals surface area contributed by atoms with E-state index >= 15 is 0 Å². The number of ether oxygens (including phenoxy) is 1. The van der Waals surface area contributed by atoms with E-state index in [1.54, 1.807) is 28.9 Å². The molecular formula is C17H11FN2O3. The number of hydrogen-bond donors (Lipinski definition) is 1. The number of hydrogen-bond acceptors (Lipinski definition) is 4. The molecule has 0 bridgehead atoms. The van der Waals surface area contributed by atoms with Crippen LogP contribution in [0.25, 0.3) is 5.52 Å². The van der Waals surface area contributed by atoms with Crippen LogP contribution in [0.5, 0.6) is 5.75 Å². The number of halogens is 1. The molecule has 1 aromatic carbocycles. The summed E-state index contributed by atoms with van der Waals surface area (Å²) in [6.45, 7) is -0.149. The molecule has 0 atom stereocenters. The van der Waals surface area contributed by atoms with Crippen molar-refractivity contribution in [3.05, 3.63) is 71.3 Å². The quantitative estimate of drug-likeness (QED) is 0.755. The van der Waals surface area contributed by atoms with Gasteiger partial charge < -0.3 is 14.2 Å². The normalized spacial score (nSPS) is 10.4. The summed E-state index contributed by atoms with van der Waals surface area (Å²) in [5.74, 6) is -2.00. The molecule has 6 heteroatoms. The van der Waals surface area contributed by atoms with Crippen LogP contribution in [0.15, 0.2) is 48.8 Å². The Balaban J connectivity index is 1.83. The van der Waals surface area contributed by atoms with Crippen molar-refractivity contribution in [2.24, 2.45) is 0 Å². The van der Waals surface area contributed by atoms with E-state index in [4.69, 9.17) is 9.84 Å². The number of rotatable bonds is 3. The van der Waals surface area contributed by atoms with E-state index in [0.717, 1.165) is 12.1 Å². The van der Waals surface area contributed by atoms with Crippen LogP contribution in [0.1, 0.15) is 21.5 Å². The van der Waals surface area contributed by atoms with Crippen LogP contribution in [-0.2, 0) is 11.3 Å². The maximum absolute atomic E-state index is 13.6. The second-order valence-corrected chi connectivity index (χ2v) is 4.87. The first kappa shape index (κ1) is 14.6. The fourth-order valence-corrected chi connectivity index (χ4v) is 2.31. The number of fused-ring (bicyclic) bond motifs is 1. The van der Waals surface area contributed by atoms with Crippen molar-refractivity contribution >= 4 is 11.5 Å². The van der Waals surface area contributed by atoms with Gasteiger partial charge in [-0.2, -0.15) is 5.26 Å². The van der Waals surface area contributed by atoms with E-state index in [1.807, 2.05) is 6.07 Å². The molecular weight excluding hydrogens is 299 g/mol. The molecule has 1 N–H and O–H groups in total. The van der Waals surface area contributed by atoms with Gasteiger partial charge in [0.15, 0.2) is 0 Å². The molecule has 0 aliphatic heterocycles. The molecule has 0 aliphatic rings. The molecule has 0 radical (unpaired) electrons. The predicted octanol–water partition coefficient (Wildman–Crippen LogP) is 3.01. The number of aromatic nitrogens is 1. The van der Waals surface area contributed by atoms with E-state index < -0.39 is 11.8 Å². The third kappa shape index (κ3) is 2.72. The fraction of sp³-hybridized carbons (Fsp3) is 0.0588. The van der Waals surface area contributed by atoms with E-state index in [9.17, 15) is 14.4 Å². The van der Waals surface area contributed by atoms with Crippen molar-refractivity contribution in [1.82, 2.24) is 4.40 Å². The zero-order chi connectivity index (χ0) is 16.4. The van der Waals surface area contributed by atoms with Gasteiger partial charge in [0.05, 0.1) is 16.6 Å². The van der Waals surface area contributed by atoms with Crippen molar-refractivity contribution in [1.29, 1.82) is 5.26 Å². The minimum Gasteiger partial charge on any atom is -0.508 e. The van der Waals surface area contributed by atoms with Crippen molar-refractivity contribution in [3.63, 3.8) is 0 Å². The van der Waals surface area contributed by atoms with Crippen LogP contribution in [0.2, 0.25) is 0 Å². The molecule has 2 heterocycles. The van der Waals surface area contributed by atoms with Crippen molar-refractivity contribution in [2.45, 2.75) is 6.61 Å². The zero-order valence-corrected chi connectivity index (χ0v) is 11.9. The van der Waals surface area contributed by atoms with Crippen LogP contribution in [0.3, 0.4) is 0 Å². The maximum Gasteiger partial charge on any atom is 0.341 e. The van der Waals surface area contributed by atoms with Crippen LogP contribution in [-0.4, -0.2) is 15.5 Å². The second kappa shape index (κ2) is 5.81. The zero-order valence-electron chi connectivity index (χ0n) is 11.9. The number of nitrogens with zero attached hydrogens (tertiary/aromatic N) is 2. The molecule has 0 saturated carbocycles. The van der Waals surface area contributed by atoms with E-state index in [0.29, 0.717) is 16.6 Å². The smallest absolute Gasteiger partial charge is 0.341 e. The lowest BCUT2D eigenvalue weighted by atomic mass is 10.2. The van der Waals surface area contributed by atoms with Crippen LogP contribution in [0, 0.1) is 17.1 Å². The molecule has 3 aromatic rings. The second-order valence-electron chi connectivity index (χ2n) is 4.87. The molecule has 0 spiro atoms. The van der Waals surface area contributed by atoms with Gasteiger partial charge in [-0.05, 0) is 24.3 Å². The lowest BCUT2D eigenvalue weighted by molar-refractivity contribution is 0.0467. The first-order chi connectivity index (χ1) is 11.1. The summed E-state index contributed by atoms with van der Waals surface area (Å²) in [6.07, 6.45) is 3.47. The average Bonchev–Trinajstić information content (AvgIpc) is 2.90. The number of esters is 1. The number of aromatic hydroxyl groups is 1. The Bertz CT molecular complexity index is 941. The molecule has 0 fully saturated rings. The number of benzene rings is 1. The van der Waals surface area contributed by atoms with Crippen LogP contribution < -0.4 is 0 Å². The number of nitriles is 1. The Kier molecular flexibility index (Phi) is 3.69. The third-order valence-corrected chi connectivity index (χ3v) is 3.41. The first-order valence-electron chi connectivity index (χ1n) is 6.74. The Hall–Kier alpha value is -3.33. The largest absolute Gasteiger partial charge is 0.508 e. The molecule has 2 aromatic heterocycles. The Morgan fingerprint density at radius 1 is 1.35 bits per heavy atom. The average molecular weight is 310 g/mol. The molecule has 0 amide bonds. The van der Waals surface area contributed by atoms with Crippen LogP contribution >= 0.6 is 0 Å². The highest BCUT2D eigenvalue weighted by molar-refractivity contribution is 5.89. The van der Waals surface area contributed by atoms with E-state index in [-0.39, 0.29) is 17.9 Å². The molecule has 0 unspecified atom stereocenters. The topological polar surface area (TPSA) is 74.7 Å². The van der Waals surface area contributed by atoms with Gasteiger partial charge in [0, 0.05) is 24.0 Å². The van der Waals surface area contributed by atoms with Crippen molar-refractivity contribution in [3.8, 4) is 11.8 Å². The summed E-state index contributed by atoms with van der Waals surface area (Å²) in [5, 5.41) is 18.4. The first-order valence-corrected chi connectivity index (χ1v) is 6.74. The van der Waals surface area contributed by atoms with Gasteiger partial charge in [0.25, 0.3) is 0 Å². The highest BCUT2D eigenvalue weighted by Gasteiger charge is 2.16. The monoisotopic (exact) mass is 310 g/mol. The Labute approximate surface area is 130 Å².